The number of hydrogen-bond acceptors (Lipinski definition) is 5. The lowest BCUT2D eigenvalue weighted by Crippen LogP contribution is -2.39. The summed E-state index contributed by atoms with van der Waals surface area (Å²) >= 11 is 0. The van der Waals surface area contributed by atoms with Crippen LogP contribution in [0.25, 0.3) is 0 Å². The second-order valence-electron chi connectivity index (χ2n) is 6.23. The number of rotatable bonds is 5. The molecule has 0 radical (unpaired) electrons. The Morgan fingerprint density at radius 1 is 1.43 bits per heavy atom. The van der Waals surface area contributed by atoms with Gasteiger partial charge in [0.15, 0.2) is 0 Å². The van der Waals surface area contributed by atoms with Crippen LogP contribution >= 0.6 is 0 Å². The number of nitrogens with zero attached hydrogens (tertiary/aromatic N) is 2. The van der Waals surface area contributed by atoms with Gasteiger partial charge in [0.2, 0.25) is 0 Å². The van der Waals surface area contributed by atoms with Crippen LogP contribution in [0.5, 0.6) is 0 Å². The summed E-state index contributed by atoms with van der Waals surface area (Å²) in [6.45, 7) is 5.86. The molecule has 2 aliphatic rings. The second-order valence-corrected chi connectivity index (χ2v) is 6.23. The molecule has 1 aromatic rings. The number of carbonyl (C=O) groups excluding carboxylic acids is 1. The first-order valence-corrected chi connectivity index (χ1v) is 8.61. The molecular formula is C17H26N4O2. The standard InChI is InChI=1S/C17H26N4O2/c22-17(20-8-5-14-3-1-6-18-13-14)15-4-2-7-19-16(15)21-9-11-23-12-10-21/h2,4,7,14,18H,1,3,5-6,8-13H2,(H,20,22). The first kappa shape index (κ1) is 16.2. The molecule has 0 aromatic carbocycles. The van der Waals surface area contributed by atoms with Gasteiger partial charge >= 0.3 is 0 Å². The third-order valence-corrected chi connectivity index (χ3v) is 4.58. The Labute approximate surface area is 137 Å². The maximum atomic E-state index is 12.5. The van der Waals surface area contributed by atoms with E-state index in [1.807, 2.05) is 12.1 Å². The van der Waals surface area contributed by atoms with Crippen LogP contribution in [0.3, 0.4) is 0 Å². The zero-order chi connectivity index (χ0) is 15.9. The molecule has 0 spiro atoms. The first-order valence-electron chi connectivity index (χ1n) is 8.61. The fourth-order valence-electron chi connectivity index (χ4n) is 3.26. The fourth-order valence-corrected chi connectivity index (χ4v) is 3.26. The highest BCUT2D eigenvalue weighted by Gasteiger charge is 2.20. The van der Waals surface area contributed by atoms with Crippen LogP contribution in [0.4, 0.5) is 5.82 Å². The van der Waals surface area contributed by atoms with Gasteiger partial charge in [0.25, 0.3) is 5.91 Å². The molecule has 1 unspecified atom stereocenters. The number of pyridine rings is 1. The predicted octanol–water partition coefficient (Wildman–Crippen LogP) is 1.04. The summed E-state index contributed by atoms with van der Waals surface area (Å²) in [5.74, 6) is 1.42. The van der Waals surface area contributed by atoms with Crippen LogP contribution in [0.2, 0.25) is 0 Å². The number of amides is 1. The number of carbonyl (C=O) groups is 1. The predicted molar refractivity (Wildman–Crippen MR) is 89.8 cm³/mol. The molecule has 126 valence electrons. The largest absolute Gasteiger partial charge is 0.378 e. The van der Waals surface area contributed by atoms with E-state index in [-0.39, 0.29) is 5.91 Å². The Hall–Kier alpha value is -1.66. The van der Waals surface area contributed by atoms with Crippen molar-refractivity contribution in [3.63, 3.8) is 0 Å². The third kappa shape index (κ3) is 4.42. The highest BCUT2D eigenvalue weighted by molar-refractivity contribution is 5.98. The zero-order valence-electron chi connectivity index (χ0n) is 13.6. The van der Waals surface area contributed by atoms with Crippen LogP contribution in [0.15, 0.2) is 18.3 Å². The van der Waals surface area contributed by atoms with E-state index in [0.717, 1.165) is 45.0 Å². The third-order valence-electron chi connectivity index (χ3n) is 4.58. The van der Waals surface area contributed by atoms with Crippen molar-refractivity contribution in [2.24, 2.45) is 5.92 Å². The van der Waals surface area contributed by atoms with Crippen molar-refractivity contribution in [1.82, 2.24) is 15.6 Å². The molecule has 0 aliphatic carbocycles. The molecule has 3 heterocycles. The summed E-state index contributed by atoms with van der Waals surface area (Å²) in [4.78, 5) is 19.1. The van der Waals surface area contributed by atoms with Gasteiger partial charge in [-0.1, -0.05) is 0 Å². The Bertz CT molecular complexity index is 511. The molecule has 1 amide bonds. The Kier molecular flexibility index (Phi) is 5.82. The van der Waals surface area contributed by atoms with Gasteiger partial charge < -0.3 is 20.3 Å². The lowest BCUT2D eigenvalue weighted by molar-refractivity contribution is 0.0948. The molecule has 1 aromatic heterocycles. The van der Waals surface area contributed by atoms with Crippen molar-refractivity contribution in [3.05, 3.63) is 23.9 Å². The van der Waals surface area contributed by atoms with Crippen molar-refractivity contribution < 1.29 is 9.53 Å². The number of ether oxygens (including phenoxy) is 1. The van der Waals surface area contributed by atoms with Crippen molar-refractivity contribution in [1.29, 1.82) is 0 Å². The van der Waals surface area contributed by atoms with E-state index in [9.17, 15) is 4.79 Å². The van der Waals surface area contributed by atoms with Crippen LogP contribution < -0.4 is 15.5 Å². The number of anilines is 1. The molecule has 6 nitrogen and oxygen atoms in total. The highest BCUT2D eigenvalue weighted by atomic mass is 16.5. The molecule has 3 rings (SSSR count). The van der Waals surface area contributed by atoms with E-state index in [2.05, 4.69) is 20.5 Å². The van der Waals surface area contributed by atoms with Gasteiger partial charge in [0.05, 0.1) is 18.8 Å². The van der Waals surface area contributed by atoms with Crippen LogP contribution in [0.1, 0.15) is 29.6 Å². The number of morpholine rings is 1. The van der Waals surface area contributed by atoms with Gasteiger partial charge in [-0.25, -0.2) is 4.98 Å². The topological polar surface area (TPSA) is 66.5 Å². The lowest BCUT2D eigenvalue weighted by atomic mass is 9.96. The van der Waals surface area contributed by atoms with Gasteiger partial charge in [-0.2, -0.15) is 0 Å². The van der Waals surface area contributed by atoms with E-state index < -0.39 is 0 Å². The monoisotopic (exact) mass is 318 g/mol. The van der Waals surface area contributed by atoms with Gasteiger partial charge in [0.1, 0.15) is 5.82 Å². The van der Waals surface area contributed by atoms with Crippen molar-refractivity contribution >= 4 is 11.7 Å². The van der Waals surface area contributed by atoms with Crippen LogP contribution in [0, 0.1) is 5.92 Å². The zero-order valence-corrected chi connectivity index (χ0v) is 13.6. The molecule has 1 atom stereocenters. The van der Waals surface area contributed by atoms with Crippen molar-refractivity contribution in [2.45, 2.75) is 19.3 Å². The summed E-state index contributed by atoms with van der Waals surface area (Å²) in [5.41, 5.74) is 0.663. The Morgan fingerprint density at radius 2 is 2.30 bits per heavy atom. The minimum Gasteiger partial charge on any atom is -0.378 e. The van der Waals surface area contributed by atoms with Gasteiger partial charge in [-0.3, -0.25) is 4.79 Å². The van der Waals surface area contributed by atoms with E-state index in [1.54, 1.807) is 6.20 Å². The SMILES string of the molecule is O=C(NCCC1CCCNC1)c1cccnc1N1CCOCC1. The van der Waals surface area contributed by atoms with E-state index >= 15 is 0 Å². The van der Waals surface area contributed by atoms with Crippen LogP contribution in [-0.4, -0.2) is 56.8 Å². The van der Waals surface area contributed by atoms with Gasteiger partial charge in [-0.05, 0) is 50.4 Å². The van der Waals surface area contributed by atoms with E-state index in [0.29, 0.717) is 24.7 Å². The summed E-state index contributed by atoms with van der Waals surface area (Å²) in [6, 6.07) is 3.68. The summed E-state index contributed by atoms with van der Waals surface area (Å²) < 4.78 is 5.38. The number of aromatic nitrogens is 1. The molecule has 23 heavy (non-hydrogen) atoms. The van der Waals surface area contributed by atoms with E-state index in [4.69, 9.17) is 4.74 Å². The van der Waals surface area contributed by atoms with Crippen molar-refractivity contribution in [2.75, 3.05) is 50.8 Å². The smallest absolute Gasteiger partial charge is 0.255 e. The Balaban J connectivity index is 1.56. The van der Waals surface area contributed by atoms with Crippen LogP contribution in [-0.2, 0) is 4.74 Å². The minimum atomic E-state index is -0.0247. The minimum absolute atomic E-state index is 0.0247. The molecule has 6 heteroatoms. The molecule has 2 N–H and O–H groups in total. The van der Waals surface area contributed by atoms with Gasteiger partial charge in [0, 0.05) is 25.8 Å². The molecule has 2 aliphatic heterocycles. The summed E-state index contributed by atoms with van der Waals surface area (Å²) in [5, 5.41) is 6.48. The average molecular weight is 318 g/mol. The summed E-state index contributed by atoms with van der Waals surface area (Å²) in [6.07, 6.45) is 5.28. The first-order chi connectivity index (χ1) is 11.3. The molecule has 2 saturated heterocycles. The maximum Gasteiger partial charge on any atom is 0.255 e. The lowest BCUT2D eigenvalue weighted by Gasteiger charge is -2.29. The molecule has 2 fully saturated rings. The molecule has 0 saturated carbocycles. The quantitative estimate of drug-likeness (QED) is 0.849. The molecular weight excluding hydrogens is 292 g/mol. The second kappa shape index (κ2) is 8.26. The van der Waals surface area contributed by atoms with Crippen molar-refractivity contribution in [3.8, 4) is 0 Å². The highest BCUT2D eigenvalue weighted by Crippen LogP contribution is 2.18. The number of nitrogens with one attached hydrogen (secondary N) is 2. The average Bonchev–Trinajstić information content (AvgIpc) is 2.63. The summed E-state index contributed by atoms with van der Waals surface area (Å²) in [7, 11) is 0. The van der Waals surface area contributed by atoms with E-state index in [1.165, 1.54) is 12.8 Å². The Morgan fingerprint density at radius 3 is 3.09 bits per heavy atom. The fraction of sp³-hybridized carbons (Fsp3) is 0.647. The maximum absolute atomic E-state index is 12.5. The molecule has 0 bridgehead atoms. The number of piperidine rings is 1. The number of hydrogen-bond donors (Lipinski definition) is 2. The normalized spacial score (nSPS) is 21.9. The van der Waals surface area contributed by atoms with Gasteiger partial charge in [-0.15, -0.1) is 0 Å².